The second-order valence-corrected chi connectivity index (χ2v) is 4.85. The lowest BCUT2D eigenvalue weighted by molar-refractivity contribution is -0.0388. The average molecular weight is 230 g/mol. The minimum atomic E-state index is -2.39. The zero-order chi connectivity index (χ0) is 10.9. The molecule has 0 aromatic heterocycles. The molecule has 1 aromatic carbocycles. The van der Waals surface area contributed by atoms with Gasteiger partial charge in [-0.3, -0.25) is 0 Å². The van der Waals surface area contributed by atoms with E-state index in [2.05, 4.69) is 0 Å². The Morgan fingerprint density at radius 3 is 2.20 bits per heavy atom. The molecule has 2 rings (SSSR count). The Morgan fingerprint density at radius 2 is 1.80 bits per heavy atom. The Morgan fingerprint density at radius 1 is 1.20 bits per heavy atom. The fourth-order valence-electron chi connectivity index (χ4n) is 1.75. The van der Waals surface area contributed by atoms with Crippen molar-refractivity contribution in [2.24, 2.45) is 0 Å². The van der Waals surface area contributed by atoms with Gasteiger partial charge in [0.2, 0.25) is 0 Å². The molecule has 1 aliphatic rings. The first-order valence-electron chi connectivity index (χ1n) is 4.88. The van der Waals surface area contributed by atoms with E-state index in [1.165, 1.54) is 0 Å². The third-order valence-electron chi connectivity index (χ3n) is 2.80. The van der Waals surface area contributed by atoms with Gasteiger partial charge in [0.05, 0.1) is 5.60 Å². The third kappa shape index (κ3) is 2.32. The van der Waals surface area contributed by atoms with Crippen LogP contribution in [0.3, 0.4) is 0 Å². The van der Waals surface area contributed by atoms with Gasteiger partial charge in [-0.25, -0.2) is 0 Å². The summed E-state index contributed by atoms with van der Waals surface area (Å²) in [7, 11) is 0. The lowest BCUT2D eigenvalue weighted by Crippen LogP contribution is -2.33. The molecule has 1 N–H and O–H groups in total. The first kappa shape index (κ1) is 10.9. The maximum absolute atomic E-state index is 12.0. The van der Waals surface area contributed by atoms with Gasteiger partial charge < -0.3 is 5.11 Å². The molecule has 1 fully saturated rings. The number of hydrogen-bond acceptors (Lipinski definition) is 2. The Hall–Kier alpha value is -0.610. The molecule has 15 heavy (non-hydrogen) atoms. The normalized spacial score (nSPS) is 18.9. The molecule has 4 heteroatoms. The van der Waals surface area contributed by atoms with E-state index in [9.17, 15) is 13.9 Å². The summed E-state index contributed by atoms with van der Waals surface area (Å²) in [6.07, 6.45) is 2.58. The van der Waals surface area contributed by atoms with Crippen molar-refractivity contribution >= 4 is 11.8 Å². The van der Waals surface area contributed by atoms with Gasteiger partial charge in [-0.1, -0.05) is 23.9 Å². The van der Waals surface area contributed by atoms with Gasteiger partial charge in [0, 0.05) is 4.90 Å². The second-order valence-electron chi connectivity index (χ2n) is 3.79. The molecule has 1 saturated carbocycles. The van der Waals surface area contributed by atoms with Crippen molar-refractivity contribution in [2.75, 3.05) is 0 Å². The molecule has 0 unspecified atom stereocenters. The summed E-state index contributed by atoms with van der Waals surface area (Å²) >= 11 is 0.528. The van der Waals surface area contributed by atoms with Crippen LogP contribution in [0.4, 0.5) is 8.78 Å². The number of hydrogen-bond donors (Lipinski definition) is 1. The predicted molar refractivity (Wildman–Crippen MR) is 56.1 cm³/mol. The second kappa shape index (κ2) is 4.10. The van der Waals surface area contributed by atoms with E-state index in [-0.39, 0.29) is 0 Å². The van der Waals surface area contributed by atoms with E-state index in [1.807, 2.05) is 0 Å². The summed E-state index contributed by atoms with van der Waals surface area (Å²) in [5, 5.41) is 10.00. The molecule has 0 heterocycles. The fraction of sp³-hybridized carbons (Fsp3) is 0.455. The summed E-state index contributed by atoms with van der Waals surface area (Å²) < 4.78 is 24.1. The number of rotatable bonds is 3. The van der Waals surface area contributed by atoms with E-state index >= 15 is 0 Å². The minimum Gasteiger partial charge on any atom is -0.385 e. The van der Waals surface area contributed by atoms with Crippen molar-refractivity contribution in [1.29, 1.82) is 0 Å². The maximum Gasteiger partial charge on any atom is 0.288 e. The molecule has 0 amide bonds. The molecule has 0 spiro atoms. The number of alkyl halides is 2. The standard InChI is InChI=1S/C11H12F2OS/c12-10(13)15-9-4-2-8(3-5-9)11(14)6-1-7-11/h2-5,10,14H,1,6-7H2. The van der Waals surface area contributed by atoms with Crippen molar-refractivity contribution in [1.82, 2.24) is 0 Å². The van der Waals surface area contributed by atoms with Gasteiger partial charge in [0.15, 0.2) is 0 Å². The van der Waals surface area contributed by atoms with Crippen LogP contribution in [-0.4, -0.2) is 10.9 Å². The summed E-state index contributed by atoms with van der Waals surface area (Å²) in [5.74, 6) is -2.39. The molecule has 1 aliphatic carbocycles. The van der Waals surface area contributed by atoms with Crippen LogP contribution in [0.2, 0.25) is 0 Å². The Kier molecular flexibility index (Phi) is 2.98. The van der Waals surface area contributed by atoms with Gasteiger partial charge in [0.25, 0.3) is 5.76 Å². The number of benzene rings is 1. The summed E-state index contributed by atoms with van der Waals surface area (Å²) in [4.78, 5) is 0.539. The van der Waals surface area contributed by atoms with Gasteiger partial charge >= 0.3 is 0 Å². The highest BCUT2D eigenvalue weighted by Crippen LogP contribution is 2.41. The molecule has 0 atom stereocenters. The van der Waals surface area contributed by atoms with E-state index in [0.717, 1.165) is 24.8 Å². The number of aliphatic hydroxyl groups is 1. The minimum absolute atomic E-state index is 0.528. The topological polar surface area (TPSA) is 20.2 Å². The summed E-state index contributed by atoms with van der Waals surface area (Å²) in [6, 6.07) is 6.76. The van der Waals surface area contributed by atoms with Crippen molar-refractivity contribution < 1.29 is 13.9 Å². The van der Waals surface area contributed by atoms with Crippen molar-refractivity contribution in [3.05, 3.63) is 29.8 Å². The highest BCUT2D eigenvalue weighted by atomic mass is 32.2. The lowest BCUT2D eigenvalue weighted by atomic mass is 9.75. The molecular weight excluding hydrogens is 218 g/mol. The summed E-state index contributed by atoms with van der Waals surface area (Å²) in [6.45, 7) is 0. The zero-order valence-electron chi connectivity index (χ0n) is 8.12. The van der Waals surface area contributed by atoms with Crippen LogP contribution in [0.1, 0.15) is 24.8 Å². The van der Waals surface area contributed by atoms with Gasteiger partial charge in [-0.15, -0.1) is 0 Å². The maximum atomic E-state index is 12.0. The van der Waals surface area contributed by atoms with Crippen LogP contribution in [0, 0.1) is 0 Å². The molecule has 1 aromatic rings. The molecule has 1 nitrogen and oxygen atoms in total. The molecule has 82 valence electrons. The van der Waals surface area contributed by atoms with Crippen molar-refractivity contribution in [3.63, 3.8) is 0 Å². The molecular formula is C11H12F2OS. The highest BCUT2D eigenvalue weighted by molar-refractivity contribution is 7.99. The van der Waals surface area contributed by atoms with Gasteiger partial charge in [-0.05, 0) is 37.0 Å². The summed E-state index contributed by atoms with van der Waals surface area (Å²) in [5.41, 5.74) is 0.140. The van der Waals surface area contributed by atoms with E-state index < -0.39 is 11.4 Å². The lowest BCUT2D eigenvalue weighted by Gasteiger charge is -2.37. The van der Waals surface area contributed by atoms with Gasteiger partial charge in [0.1, 0.15) is 0 Å². The first-order valence-corrected chi connectivity index (χ1v) is 5.76. The average Bonchev–Trinajstić information content (AvgIpc) is 2.14. The van der Waals surface area contributed by atoms with Crippen LogP contribution in [0.15, 0.2) is 29.2 Å². The van der Waals surface area contributed by atoms with E-state index in [1.54, 1.807) is 24.3 Å². The zero-order valence-corrected chi connectivity index (χ0v) is 8.94. The Balaban J connectivity index is 2.10. The number of halogens is 2. The SMILES string of the molecule is OC1(c2ccc(SC(F)F)cc2)CCC1. The van der Waals surface area contributed by atoms with Crippen LogP contribution >= 0.6 is 11.8 Å². The Bertz CT molecular complexity index is 333. The smallest absolute Gasteiger partial charge is 0.288 e. The fourth-order valence-corrected chi connectivity index (χ4v) is 2.25. The van der Waals surface area contributed by atoms with E-state index in [4.69, 9.17) is 0 Å². The van der Waals surface area contributed by atoms with Crippen LogP contribution in [-0.2, 0) is 5.60 Å². The molecule has 0 aliphatic heterocycles. The largest absolute Gasteiger partial charge is 0.385 e. The number of thioether (sulfide) groups is 1. The van der Waals surface area contributed by atoms with E-state index in [0.29, 0.717) is 16.7 Å². The van der Waals surface area contributed by atoms with Crippen LogP contribution in [0.5, 0.6) is 0 Å². The van der Waals surface area contributed by atoms with Crippen LogP contribution in [0.25, 0.3) is 0 Å². The van der Waals surface area contributed by atoms with Crippen molar-refractivity contribution in [3.8, 4) is 0 Å². The highest BCUT2D eigenvalue weighted by Gasteiger charge is 2.35. The molecule has 0 bridgehead atoms. The third-order valence-corrected chi connectivity index (χ3v) is 3.52. The van der Waals surface area contributed by atoms with Crippen molar-refractivity contribution in [2.45, 2.75) is 35.5 Å². The molecule has 0 saturated heterocycles. The predicted octanol–water partition coefficient (Wildman–Crippen LogP) is 3.37. The Labute approximate surface area is 91.5 Å². The van der Waals surface area contributed by atoms with Gasteiger partial charge in [-0.2, -0.15) is 8.78 Å². The van der Waals surface area contributed by atoms with Crippen LogP contribution < -0.4 is 0 Å². The molecule has 0 radical (unpaired) electrons. The quantitative estimate of drug-likeness (QED) is 0.803. The first-order chi connectivity index (χ1) is 7.10. The monoisotopic (exact) mass is 230 g/mol.